The first-order valence-corrected chi connectivity index (χ1v) is 8.74. The van der Waals surface area contributed by atoms with Gasteiger partial charge in [0.1, 0.15) is 0 Å². The lowest BCUT2D eigenvalue weighted by Gasteiger charge is -2.15. The van der Waals surface area contributed by atoms with Crippen LogP contribution in [0.5, 0.6) is 0 Å². The summed E-state index contributed by atoms with van der Waals surface area (Å²) in [5.74, 6) is -2.11. The molecule has 1 aliphatic heterocycles. The van der Waals surface area contributed by atoms with E-state index in [1.807, 2.05) is 26.0 Å². The number of fused-ring (bicyclic) bond motifs is 1. The Bertz CT molecular complexity index is 1010. The van der Waals surface area contributed by atoms with Gasteiger partial charge in [-0.3, -0.25) is 19.3 Å². The summed E-state index contributed by atoms with van der Waals surface area (Å²) in [6.45, 7) is 5.29. The van der Waals surface area contributed by atoms with Crippen molar-refractivity contribution in [3.8, 4) is 0 Å². The second-order valence-corrected chi connectivity index (χ2v) is 6.78. The summed E-state index contributed by atoms with van der Waals surface area (Å²) >= 11 is 0. The molecule has 0 fully saturated rings. The molecule has 0 saturated carbocycles. The lowest BCUT2D eigenvalue weighted by molar-refractivity contribution is -0.123. The first-order chi connectivity index (χ1) is 13.2. The van der Waals surface area contributed by atoms with Gasteiger partial charge in [0.15, 0.2) is 6.10 Å². The van der Waals surface area contributed by atoms with Crippen LogP contribution < -0.4 is 5.32 Å². The van der Waals surface area contributed by atoms with Crippen LogP contribution in [0.4, 0.5) is 5.69 Å². The quantitative estimate of drug-likeness (QED) is 0.650. The number of aryl methyl sites for hydroxylation is 2. The SMILES string of the molecule is Cc1ccc(NC(=O)C(C)OC(=O)c2ccc3c(c2)C(=O)N(C)C3=O)c(C)c1. The largest absolute Gasteiger partial charge is 0.449 e. The molecule has 1 unspecified atom stereocenters. The molecule has 7 nitrogen and oxygen atoms in total. The minimum absolute atomic E-state index is 0.0985. The van der Waals surface area contributed by atoms with Crippen LogP contribution in [0.2, 0.25) is 0 Å². The number of esters is 1. The molecule has 0 bridgehead atoms. The Morgan fingerprint density at radius 2 is 1.68 bits per heavy atom. The highest BCUT2D eigenvalue weighted by atomic mass is 16.5. The van der Waals surface area contributed by atoms with Gasteiger partial charge >= 0.3 is 5.97 Å². The van der Waals surface area contributed by atoms with Crippen LogP contribution in [0, 0.1) is 13.8 Å². The van der Waals surface area contributed by atoms with Crippen molar-refractivity contribution >= 4 is 29.4 Å². The molecular formula is C21H20N2O5. The smallest absolute Gasteiger partial charge is 0.338 e. The number of amides is 3. The van der Waals surface area contributed by atoms with Crippen molar-refractivity contribution in [2.75, 3.05) is 12.4 Å². The monoisotopic (exact) mass is 380 g/mol. The van der Waals surface area contributed by atoms with Gasteiger partial charge in [-0.15, -0.1) is 0 Å². The summed E-state index contributed by atoms with van der Waals surface area (Å²) in [7, 11) is 1.38. The zero-order chi connectivity index (χ0) is 20.6. The topological polar surface area (TPSA) is 92.8 Å². The van der Waals surface area contributed by atoms with E-state index < -0.39 is 29.8 Å². The Morgan fingerprint density at radius 3 is 2.36 bits per heavy atom. The molecule has 7 heteroatoms. The maximum Gasteiger partial charge on any atom is 0.338 e. The standard InChI is InChI=1S/C21H20N2O5/c1-11-5-8-17(12(2)9-11)22-18(24)13(3)28-21(27)14-6-7-15-16(10-14)20(26)23(4)19(15)25/h5-10,13H,1-4H3,(H,22,24). The highest BCUT2D eigenvalue weighted by molar-refractivity contribution is 6.21. The predicted molar refractivity (Wildman–Crippen MR) is 102 cm³/mol. The summed E-state index contributed by atoms with van der Waals surface area (Å²) < 4.78 is 5.22. The number of carbonyl (C=O) groups is 4. The number of imide groups is 1. The summed E-state index contributed by atoms with van der Waals surface area (Å²) in [4.78, 5) is 49.7. The first-order valence-electron chi connectivity index (χ1n) is 8.74. The van der Waals surface area contributed by atoms with E-state index in [0.29, 0.717) is 5.69 Å². The van der Waals surface area contributed by atoms with Crippen LogP contribution in [0.3, 0.4) is 0 Å². The zero-order valence-corrected chi connectivity index (χ0v) is 16.0. The third-order valence-corrected chi connectivity index (χ3v) is 4.62. The molecule has 1 N–H and O–H groups in total. The maximum atomic E-state index is 12.4. The molecule has 144 valence electrons. The molecule has 2 aromatic carbocycles. The highest BCUT2D eigenvalue weighted by Crippen LogP contribution is 2.23. The third-order valence-electron chi connectivity index (χ3n) is 4.62. The van der Waals surface area contributed by atoms with E-state index in [9.17, 15) is 19.2 Å². The van der Waals surface area contributed by atoms with E-state index in [2.05, 4.69) is 5.32 Å². The molecule has 0 spiro atoms. The average Bonchev–Trinajstić information content (AvgIpc) is 2.87. The number of ether oxygens (including phenoxy) is 1. The molecule has 0 aliphatic carbocycles. The number of carbonyl (C=O) groups excluding carboxylic acids is 4. The summed E-state index contributed by atoms with van der Waals surface area (Å²) in [6.07, 6.45) is -1.04. The van der Waals surface area contributed by atoms with Gasteiger partial charge in [-0.25, -0.2) is 4.79 Å². The van der Waals surface area contributed by atoms with Gasteiger partial charge in [-0.2, -0.15) is 0 Å². The van der Waals surface area contributed by atoms with Crippen molar-refractivity contribution in [3.63, 3.8) is 0 Å². The molecule has 0 saturated heterocycles. The van der Waals surface area contributed by atoms with Gasteiger partial charge < -0.3 is 10.1 Å². The number of nitrogens with one attached hydrogen (secondary N) is 1. The molecule has 2 aromatic rings. The van der Waals surface area contributed by atoms with Crippen molar-refractivity contribution in [2.45, 2.75) is 26.9 Å². The molecule has 1 aliphatic rings. The van der Waals surface area contributed by atoms with Crippen molar-refractivity contribution in [3.05, 3.63) is 64.2 Å². The van der Waals surface area contributed by atoms with Crippen LogP contribution in [0.25, 0.3) is 0 Å². The van der Waals surface area contributed by atoms with E-state index in [-0.39, 0.29) is 16.7 Å². The van der Waals surface area contributed by atoms with E-state index in [0.717, 1.165) is 16.0 Å². The highest BCUT2D eigenvalue weighted by Gasteiger charge is 2.33. The Labute approximate surface area is 162 Å². The van der Waals surface area contributed by atoms with Crippen LogP contribution in [0.1, 0.15) is 49.1 Å². The Hall–Kier alpha value is -3.48. The lowest BCUT2D eigenvalue weighted by Crippen LogP contribution is -2.30. The van der Waals surface area contributed by atoms with Crippen LogP contribution in [-0.4, -0.2) is 41.7 Å². The molecule has 28 heavy (non-hydrogen) atoms. The van der Waals surface area contributed by atoms with Gasteiger partial charge in [-0.05, 0) is 50.6 Å². The maximum absolute atomic E-state index is 12.4. The van der Waals surface area contributed by atoms with Crippen LogP contribution in [-0.2, 0) is 9.53 Å². The fourth-order valence-electron chi connectivity index (χ4n) is 2.96. The van der Waals surface area contributed by atoms with Gasteiger partial charge in [0.25, 0.3) is 17.7 Å². The minimum atomic E-state index is -1.04. The summed E-state index contributed by atoms with van der Waals surface area (Å²) in [5, 5.41) is 2.73. The van der Waals surface area contributed by atoms with Crippen molar-refractivity contribution < 1.29 is 23.9 Å². The van der Waals surface area contributed by atoms with E-state index in [1.54, 1.807) is 6.07 Å². The number of benzene rings is 2. The molecule has 0 aromatic heterocycles. The number of anilines is 1. The van der Waals surface area contributed by atoms with Gasteiger partial charge in [0.05, 0.1) is 16.7 Å². The molecule has 3 amide bonds. The van der Waals surface area contributed by atoms with Crippen LogP contribution >= 0.6 is 0 Å². The lowest BCUT2D eigenvalue weighted by atomic mass is 10.1. The zero-order valence-electron chi connectivity index (χ0n) is 16.0. The van der Waals surface area contributed by atoms with Crippen LogP contribution in [0.15, 0.2) is 36.4 Å². The van der Waals surface area contributed by atoms with E-state index >= 15 is 0 Å². The molecule has 1 atom stereocenters. The molecule has 1 heterocycles. The molecule has 3 rings (SSSR count). The minimum Gasteiger partial charge on any atom is -0.449 e. The number of nitrogens with zero attached hydrogens (tertiary/aromatic N) is 1. The van der Waals surface area contributed by atoms with Gasteiger partial charge in [-0.1, -0.05) is 17.7 Å². The Morgan fingerprint density at radius 1 is 1.00 bits per heavy atom. The second kappa shape index (κ2) is 7.26. The number of rotatable bonds is 4. The van der Waals surface area contributed by atoms with Gasteiger partial charge in [0.2, 0.25) is 0 Å². The molecule has 0 radical (unpaired) electrons. The van der Waals surface area contributed by atoms with Crippen molar-refractivity contribution in [2.24, 2.45) is 0 Å². The Kier molecular flexibility index (Phi) is 5.00. The first kappa shape index (κ1) is 19.3. The predicted octanol–water partition coefficient (Wildman–Crippen LogP) is 2.71. The fourth-order valence-corrected chi connectivity index (χ4v) is 2.96. The number of hydrogen-bond acceptors (Lipinski definition) is 5. The third kappa shape index (κ3) is 3.51. The van der Waals surface area contributed by atoms with Crippen molar-refractivity contribution in [1.82, 2.24) is 4.90 Å². The van der Waals surface area contributed by atoms with Gasteiger partial charge in [0, 0.05) is 12.7 Å². The van der Waals surface area contributed by atoms with Crippen molar-refractivity contribution in [1.29, 1.82) is 0 Å². The fraction of sp³-hybridized carbons (Fsp3) is 0.238. The summed E-state index contributed by atoms with van der Waals surface area (Å²) in [6, 6.07) is 9.73. The summed E-state index contributed by atoms with van der Waals surface area (Å²) in [5.41, 5.74) is 3.10. The second-order valence-electron chi connectivity index (χ2n) is 6.78. The number of hydrogen-bond donors (Lipinski definition) is 1. The van der Waals surface area contributed by atoms with E-state index in [4.69, 9.17) is 4.74 Å². The molecular weight excluding hydrogens is 360 g/mol. The normalized spacial score (nSPS) is 13.9. The van der Waals surface area contributed by atoms with E-state index in [1.165, 1.54) is 32.2 Å². The Balaban J connectivity index is 1.70. The average molecular weight is 380 g/mol.